The second kappa shape index (κ2) is 15.7. The highest BCUT2D eigenvalue weighted by molar-refractivity contribution is 7.00. The monoisotopic (exact) mass is 936 g/mol. The molecule has 0 saturated heterocycles. The van der Waals surface area contributed by atoms with Crippen molar-refractivity contribution < 1.29 is 4.74 Å². The quantitative estimate of drug-likeness (QED) is 0.164. The molecule has 7 aromatic rings. The second-order valence-electron chi connectivity index (χ2n) is 26.7. The minimum absolute atomic E-state index is 0.00879. The Morgan fingerprint density at radius 1 is 0.380 bits per heavy atom. The Bertz CT molecular complexity index is 3130. The van der Waals surface area contributed by atoms with Gasteiger partial charge in [0.05, 0.1) is 17.1 Å². The first-order chi connectivity index (χ1) is 33.2. The average Bonchev–Trinajstić information content (AvgIpc) is 3.30. The van der Waals surface area contributed by atoms with E-state index in [-0.39, 0.29) is 39.2 Å². The van der Waals surface area contributed by atoms with Gasteiger partial charge in [0.1, 0.15) is 0 Å². The van der Waals surface area contributed by atoms with Crippen LogP contribution in [0.4, 0.5) is 51.2 Å². The summed E-state index contributed by atoms with van der Waals surface area (Å²) in [4.78, 5) is 7.67. The molecule has 0 atom stereocenters. The lowest BCUT2D eigenvalue weighted by Crippen LogP contribution is -2.61. The fourth-order valence-electron chi connectivity index (χ4n) is 11.9. The van der Waals surface area contributed by atoms with Crippen molar-refractivity contribution in [3.8, 4) is 11.5 Å². The summed E-state index contributed by atoms with van der Waals surface area (Å²) < 4.78 is 7.02. The van der Waals surface area contributed by atoms with E-state index < -0.39 is 0 Å². The Labute approximate surface area is 426 Å². The summed E-state index contributed by atoms with van der Waals surface area (Å²) in [5.41, 5.74) is 22.4. The maximum absolute atomic E-state index is 7.02. The van der Waals surface area contributed by atoms with E-state index in [1.54, 1.807) is 0 Å². The van der Waals surface area contributed by atoms with Crippen molar-refractivity contribution in [2.75, 3.05) is 14.7 Å². The molecule has 0 aromatic heterocycles. The molecule has 0 N–H and O–H groups in total. The van der Waals surface area contributed by atoms with Crippen molar-refractivity contribution >= 4 is 74.3 Å². The standard InChI is InChI=1S/C66H74BN3O/c1-61(2,3)41-21-27-45(28-22-41)68-52-31-25-43(63(7,8)9)35-50(52)67-51-36-44(64(10,11)12)26-32-53(51)69(46-29-23-42(24-30-46)62(4,5)6)57-38-47(37-56(68)60(57)67)70-54-19-17-18-20-58(54)71-59-40-49-48(39-55(59)70)65(13,14)33-34-66(49,15)16/h17-32,35-40H,33-34H2,1-16H3. The van der Waals surface area contributed by atoms with Crippen LogP contribution in [0.15, 0.2) is 133 Å². The number of rotatable bonds is 3. The number of anilines is 9. The van der Waals surface area contributed by atoms with Gasteiger partial charge in [0.15, 0.2) is 11.5 Å². The third kappa shape index (κ3) is 7.71. The minimum atomic E-state index is -0.0488. The number of benzene rings is 7. The van der Waals surface area contributed by atoms with Crippen LogP contribution < -0.4 is 35.8 Å². The summed E-state index contributed by atoms with van der Waals surface area (Å²) in [6.45, 7) is 37.5. The zero-order valence-corrected chi connectivity index (χ0v) is 45.4. The van der Waals surface area contributed by atoms with E-state index in [0.29, 0.717) is 0 Å². The van der Waals surface area contributed by atoms with E-state index in [2.05, 4.69) is 259 Å². The largest absolute Gasteiger partial charge is 0.453 e. The first-order valence-corrected chi connectivity index (χ1v) is 26.2. The number of para-hydroxylation sites is 2. The summed E-state index contributed by atoms with van der Waals surface area (Å²) in [6.07, 6.45) is 2.27. The van der Waals surface area contributed by atoms with E-state index in [1.807, 2.05) is 0 Å². The van der Waals surface area contributed by atoms with Gasteiger partial charge >= 0.3 is 0 Å². The molecule has 5 heteroatoms. The predicted octanol–water partition coefficient (Wildman–Crippen LogP) is 16.9. The van der Waals surface area contributed by atoms with Gasteiger partial charge < -0.3 is 19.4 Å². The van der Waals surface area contributed by atoms with Gasteiger partial charge in [-0.05, 0) is 168 Å². The lowest BCUT2D eigenvalue weighted by atomic mass is 9.33. The van der Waals surface area contributed by atoms with E-state index in [9.17, 15) is 0 Å². The van der Waals surface area contributed by atoms with Gasteiger partial charge in [-0.25, -0.2) is 0 Å². The normalized spacial score (nSPS) is 16.6. The lowest BCUT2D eigenvalue weighted by Gasteiger charge is -2.46. The van der Waals surface area contributed by atoms with Gasteiger partial charge in [0.2, 0.25) is 0 Å². The number of hydrogen-bond acceptors (Lipinski definition) is 4. The molecule has 0 spiro atoms. The first-order valence-electron chi connectivity index (χ1n) is 26.2. The van der Waals surface area contributed by atoms with E-state index in [4.69, 9.17) is 4.74 Å². The van der Waals surface area contributed by atoms with Crippen molar-refractivity contribution in [1.82, 2.24) is 0 Å². The van der Waals surface area contributed by atoms with Crippen LogP contribution in [0, 0.1) is 0 Å². The predicted molar refractivity (Wildman–Crippen MR) is 305 cm³/mol. The van der Waals surface area contributed by atoms with Crippen molar-refractivity contribution in [3.05, 3.63) is 167 Å². The molecule has 0 unspecified atom stereocenters. The van der Waals surface area contributed by atoms with Gasteiger partial charge in [0, 0.05) is 34.1 Å². The summed E-state index contributed by atoms with van der Waals surface area (Å²) in [5.74, 6) is 1.77. The Morgan fingerprint density at radius 3 is 1.24 bits per heavy atom. The fourth-order valence-corrected chi connectivity index (χ4v) is 11.9. The smallest absolute Gasteiger partial charge is 0.252 e. The summed E-state index contributed by atoms with van der Waals surface area (Å²) in [7, 11) is 0. The van der Waals surface area contributed by atoms with Crippen LogP contribution in [-0.2, 0) is 32.5 Å². The van der Waals surface area contributed by atoms with Crippen molar-refractivity contribution in [1.29, 1.82) is 0 Å². The highest BCUT2D eigenvalue weighted by atomic mass is 16.5. The maximum atomic E-state index is 7.02. The van der Waals surface area contributed by atoms with Crippen molar-refractivity contribution in [3.63, 3.8) is 0 Å². The van der Waals surface area contributed by atoms with Crippen LogP contribution in [0.1, 0.15) is 157 Å². The molecule has 7 aromatic carbocycles. The fraction of sp³-hybridized carbons (Fsp3) is 0.364. The number of hydrogen-bond donors (Lipinski definition) is 0. The molecule has 4 aliphatic rings. The van der Waals surface area contributed by atoms with Gasteiger partial charge in [-0.1, -0.05) is 171 Å². The Hall–Kier alpha value is -6.20. The third-order valence-electron chi connectivity index (χ3n) is 16.5. The van der Waals surface area contributed by atoms with Gasteiger partial charge in [-0.3, -0.25) is 0 Å². The SMILES string of the molecule is CC(C)(C)c1ccc(N2c3ccc(C(C)(C)C)cc3B3c4cc(C(C)(C)C)ccc4N(c4ccc(C(C)(C)C)cc4)c4cc(N5c6ccccc6Oc6cc7c(cc65)C(C)(C)CCC7(C)C)cc2c43)cc1. The van der Waals surface area contributed by atoms with E-state index >= 15 is 0 Å². The molecular formula is C66H74BN3O. The molecular weight excluding hydrogens is 862 g/mol. The maximum Gasteiger partial charge on any atom is 0.252 e. The Morgan fingerprint density at radius 2 is 0.789 bits per heavy atom. The van der Waals surface area contributed by atoms with Crippen LogP contribution in [0.3, 0.4) is 0 Å². The van der Waals surface area contributed by atoms with Crippen LogP contribution in [0.25, 0.3) is 0 Å². The number of fused-ring (bicyclic) bond motifs is 7. The Balaban J connectivity index is 1.27. The zero-order chi connectivity index (χ0) is 50.5. The molecule has 0 saturated carbocycles. The molecule has 362 valence electrons. The van der Waals surface area contributed by atoms with Gasteiger partial charge in [0.25, 0.3) is 6.71 Å². The van der Waals surface area contributed by atoms with Crippen LogP contribution in [0.5, 0.6) is 11.5 Å². The third-order valence-corrected chi connectivity index (χ3v) is 16.5. The second-order valence-corrected chi connectivity index (χ2v) is 26.7. The molecule has 71 heavy (non-hydrogen) atoms. The molecule has 3 aliphatic heterocycles. The molecule has 1 aliphatic carbocycles. The average molecular weight is 936 g/mol. The van der Waals surface area contributed by atoms with Crippen molar-refractivity contribution in [2.45, 2.75) is 156 Å². The first kappa shape index (κ1) is 47.1. The van der Waals surface area contributed by atoms with Crippen LogP contribution >= 0.6 is 0 Å². The number of ether oxygens (including phenoxy) is 1. The highest BCUT2D eigenvalue weighted by Gasteiger charge is 2.46. The molecule has 3 heterocycles. The number of nitrogens with zero attached hydrogens (tertiary/aromatic N) is 3. The lowest BCUT2D eigenvalue weighted by molar-refractivity contribution is 0.330. The summed E-state index contributed by atoms with van der Waals surface area (Å²) in [6, 6.07) is 52.0. The molecule has 0 radical (unpaired) electrons. The van der Waals surface area contributed by atoms with Crippen LogP contribution in [0.2, 0.25) is 0 Å². The van der Waals surface area contributed by atoms with Gasteiger partial charge in [-0.15, -0.1) is 0 Å². The van der Waals surface area contributed by atoms with Crippen LogP contribution in [-0.4, -0.2) is 6.71 Å². The highest BCUT2D eigenvalue weighted by Crippen LogP contribution is 2.57. The molecule has 11 rings (SSSR count). The molecule has 0 bridgehead atoms. The van der Waals surface area contributed by atoms with E-state index in [0.717, 1.165) is 52.8 Å². The minimum Gasteiger partial charge on any atom is -0.453 e. The zero-order valence-electron chi connectivity index (χ0n) is 45.4. The molecule has 4 nitrogen and oxygen atoms in total. The van der Waals surface area contributed by atoms with Gasteiger partial charge in [-0.2, -0.15) is 0 Å². The summed E-state index contributed by atoms with van der Waals surface area (Å²) >= 11 is 0. The molecule has 0 amide bonds. The van der Waals surface area contributed by atoms with E-state index in [1.165, 1.54) is 72.5 Å². The Kier molecular flexibility index (Phi) is 10.4. The summed E-state index contributed by atoms with van der Waals surface area (Å²) in [5, 5.41) is 0. The topological polar surface area (TPSA) is 19.0 Å². The molecule has 0 fully saturated rings. The van der Waals surface area contributed by atoms with Crippen molar-refractivity contribution in [2.24, 2.45) is 0 Å².